The number of β-amino-alcohol motifs (C(OH)–C–C–N with tert-alkyl or cyclic N) is 1. The Balaban J connectivity index is 1.82. The van der Waals surface area contributed by atoms with Gasteiger partial charge in [0.2, 0.25) is 5.95 Å². The molecule has 2 aromatic carbocycles. The van der Waals surface area contributed by atoms with Gasteiger partial charge >= 0.3 is 0 Å². The van der Waals surface area contributed by atoms with Crippen molar-refractivity contribution in [3.05, 3.63) is 58.1 Å². The van der Waals surface area contributed by atoms with E-state index in [2.05, 4.69) is 15.5 Å². The number of benzene rings is 2. The molecule has 1 unspecified atom stereocenters. The first-order valence-electron chi connectivity index (χ1n) is 8.44. The Labute approximate surface area is 156 Å². The standard InChI is InChI=1S/C19H19Cl2N3O/c20-15-6-3-7-16(21)14(15)12-24-18-9-2-1-8-17(18)22-19(24)23-10-4-5-13(25)11-23/h1-3,6-9,13,25H,4-5,10-12H2. The van der Waals surface area contributed by atoms with Crippen LogP contribution in [0.15, 0.2) is 42.5 Å². The fourth-order valence-corrected chi connectivity index (χ4v) is 3.95. The van der Waals surface area contributed by atoms with Crippen molar-refractivity contribution in [1.29, 1.82) is 0 Å². The molecule has 6 heteroatoms. The lowest BCUT2D eigenvalue weighted by Gasteiger charge is -2.31. The predicted octanol–water partition coefficient (Wildman–Crippen LogP) is 4.35. The van der Waals surface area contributed by atoms with Gasteiger partial charge in [-0.25, -0.2) is 4.98 Å². The van der Waals surface area contributed by atoms with Crippen LogP contribution in [0.5, 0.6) is 0 Å². The lowest BCUT2D eigenvalue weighted by molar-refractivity contribution is 0.153. The maximum absolute atomic E-state index is 10.1. The van der Waals surface area contributed by atoms with Crippen molar-refractivity contribution in [1.82, 2.24) is 9.55 Å². The molecule has 2 heterocycles. The van der Waals surface area contributed by atoms with E-state index in [1.807, 2.05) is 36.4 Å². The number of nitrogens with zero attached hydrogens (tertiary/aromatic N) is 3. The molecule has 1 N–H and O–H groups in total. The van der Waals surface area contributed by atoms with Crippen LogP contribution in [0.25, 0.3) is 11.0 Å². The monoisotopic (exact) mass is 375 g/mol. The van der Waals surface area contributed by atoms with E-state index in [1.165, 1.54) is 0 Å². The van der Waals surface area contributed by atoms with Crippen LogP contribution in [0, 0.1) is 0 Å². The van der Waals surface area contributed by atoms with Crippen LogP contribution in [-0.2, 0) is 6.54 Å². The van der Waals surface area contributed by atoms with Crippen LogP contribution in [0.1, 0.15) is 18.4 Å². The molecule has 1 aliphatic rings. The van der Waals surface area contributed by atoms with Crippen molar-refractivity contribution in [2.45, 2.75) is 25.5 Å². The number of hydrogen-bond donors (Lipinski definition) is 1. The molecule has 1 aliphatic heterocycles. The summed E-state index contributed by atoms with van der Waals surface area (Å²) >= 11 is 12.8. The number of piperidine rings is 1. The largest absolute Gasteiger partial charge is 0.391 e. The average molecular weight is 376 g/mol. The van der Waals surface area contributed by atoms with Crippen molar-refractivity contribution >= 4 is 40.2 Å². The van der Waals surface area contributed by atoms with Gasteiger partial charge in [-0.3, -0.25) is 0 Å². The lowest BCUT2D eigenvalue weighted by atomic mass is 10.1. The average Bonchev–Trinajstić information content (AvgIpc) is 2.97. The first-order valence-corrected chi connectivity index (χ1v) is 9.20. The van der Waals surface area contributed by atoms with E-state index in [9.17, 15) is 5.11 Å². The molecule has 25 heavy (non-hydrogen) atoms. The van der Waals surface area contributed by atoms with Crippen LogP contribution in [0.3, 0.4) is 0 Å². The molecule has 1 fully saturated rings. The second kappa shape index (κ2) is 6.87. The molecule has 0 saturated carbocycles. The van der Waals surface area contributed by atoms with Crippen molar-refractivity contribution < 1.29 is 5.11 Å². The summed E-state index contributed by atoms with van der Waals surface area (Å²) in [5, 5.41) is 11.4. The SMILES string of the molecule is OC1CCCN(c2nc3ccccc3n2Cc2c(Cl)cccc2Cl)C1. The first kappa shape index (κ1) is 16.7. The van der Waals surface area contributed by atoms with Crippen LogP contribution >= 0.6 is 23.2 Å². The molecule has 1 atom stereocenters. The van der Waals surface area contributed by atoms with Gasteiger partial charge in [0.15, 0.2) is 0 Å². The highest BCUT2D eigenvalue weighted by atomic mass is 35.5. The summed E-state index contributed by atoms with van der Waals surface area (Å²) in [4.78, 5) is 6.97. The molecule has 3 aromatic rings. The summed E-state index contributed by atoms with van der Waals surface area (Å²) in [6.07, 6.45) is 1.48. The predicted molar refractivity (Wildman–Crippen MR) is 103 cm³/mol. The smallest absolute Gasteiger partial charge is 0.206 e. The van der Waals surface area contributed by atoms with Gasteiger partial charge in [-0.05, 0) is 37.1 Å². The van der Waals surface area contributed by atoms with E-state index < -0.39 is 0 Å². The third-order valence-corrected chi connectivity index (χ3v) is 5.40. The first-order chi connectivity index (χ1) is 12.1. The van der Waals surface area contributed by atoms with Crippen molar-refractivity contribution in [3.8, 4) is 0 Å². The minimum absolute atomic E-state index is 0.314. The fourth-order valence-electron chi connectivity index (χ4n) is 3.44. The summed E-state index contributed by atoms with van der Waals surface area (Å²) in [5.41, 5.74) is 2.85. The normalized spacial score (nSPS) is 18.0. The highest BCUT2D eigenvalue weighted by Gasteiger charge is 2.23. The van der Waals surface area contributed by atoms with Gasteiger partial charge in [0.05, 0.1) is 23.7 Å². The van der Waals surface area contributed by atoms with Gasteiger partial charge in [-0.15, -0.1) is 0 Å². The molecule has 1 aromatic heterocycles. The maximum atomic E-state index is 10.1. The third kappa shape index (κ3) is 3.22. The molecule has 4 nitrogen and oxygen atoms in total. The molecular formula is C19H19Cl2N3O. The van der Waals surface area contributed by atoms with Crippen molar-refractivity contribution in [2.75, 3.05) is 18.0 Å². The van der Waals surface area contributed by atoms with Gasteiger partial charge in [0.25, 0.3) is 0 Å². The van der Waals surface area contributed by atoms with E-state index in [1.54, 1.807) is 0 Å². The maximum Gasteiger partial charge on any atom is 0.206 e. The molecule has 0 radical (unpaired) electrons. The molecule has 0 amide bonds. The number of fused-ring (bicyclic) bond motifs is 1. The second-order valence-electron chi connectivity index (χ2n) is 6.43. The highest BCUT2D eigenvalue weighted by molar-refractivity contribution is 6.36. The van der Waals surface area contributed by atoms with Crippen LogP contribution in [-0.4, -0.2) is 33.9 Å². The second-order valence-corrected chi connectivity index (χ2v) is 7.24. The Morgan fingerprint density at radius 2 is 1.84 bits per heavy atom. The quantitative estimate of drug-likeness (QED) is 0.739. The van der Waals surface area contributed by atoms with E-state index >= 15 is 0 Å². The number of rotatable bonds is 3. The number of anilines is 1. The molecule has 4 rings (SSSR count). The molecule has 0 spiro atoms. The zero-order chi connectivity index (χ0) is 17.4. The molecule has 130 valence electrons. The minimum Gasteiger partial charge on any atom is -0.391 e. The van der Waals surface area contributed by atoms with Gasteiger partial charge in [-0.1, -0.05) is 41.4 Å². The zero-order valence-corrected chi connectivity index (χ0v) is 15.2. The zero-order valence-electron chi connectivity index (χ0n) is 13.7. The van der Waals surface area contributed by atoms with E-state index in [-0.39, 0.29) is 6.10 Å². The molecular weight excluding hydrogens is 357 g/mol. The molecule has 0 aliphatic carbocycles. The summed E-state index contributed by atoms with van der Waals surface area (Å²) < 4.78 is 2.14. The third-order valence-electron chi connectivity index (χ3n) is 4.69. The number of para-hydroxylation sites is 2. The molecule has 1 saturated heterocycles. The van der Waals surface area contributed by atoms with E-state index in [0.717, 1.165) is 41.9 Å². The van der Waals surface area contributed by atoms with Crippen LogP contribution in [0.2, 0.25) is 10.0 Å². The lowest BCUT2D eigenvalue weighted by Crippen LogP contribution is -2.39. The van der Waals surface area contributed by atoms with Crippen molar-refractivity contribution in [2.24, 2.45) is 0 Å². The number of hydrogen-bond acceptors (Lipinski definition) is 3. The van der Waals surface area contributed by atoms with Gasteiger partial charge in [-0.2, -0.15) is 0 Å². The van der Waals surface area contributed by atoms with Gasteiger partial charge in [0, 0.05) is 28.7 Å². The Hall–Kier alpha value is -1.75. The van der Waals surface area contributed by atoms with Gasteiger partial charge in [0.1, 0.15) is 0 Å². The number of aliphatic hydroxyl groups is 1. The van der Waals surface area contributed by atoms with Gasteiger partial charge < -0.3 is 14.6 Å². The number of imidazole rings is 1. The summed E-state index contributed by atoms with van der Waals surface area (Å²) in [6, 6.07) is 13.6. The topological polar surface area (TPSA) is 41.3 Å². The summed E-state index contributed by atoms with van der Waals surface area (Å²) in [7, 11) is 0. The van der Waals surface area contributed by atoms with Crippen LogP contribution < -0.4 is 4.90 Å². The molecule has 0 bridgehead atoms. The highest BCUT2D eigenvalue weighted by Crippen LogP contribution is 2.30. The summed E-state index contributed by atoms with van der Waals surface area (Å²) in [6.45, 7) is 2.02. The Bertz CT molecular complexity index is 889. The fraction of sp³-hybridized carbons (Fsp3) is 0.316. The Morgan fingerprint density at radius 3 is 2.60 bits per heavy atom. The number of aliphatic hydroxyl groups excluding tert-OH is 1. The Kier molecular flexibility index (Phi) is 4.59. The van der Waals surface area contributed by atoms with Crippen LogP contribution in [0.4, 0.5) is 5.95 Å². The number of halogens is 2. The minimum atomic E-state index is -0.314. The summed E-state index contributed by atoms with van der Waals surface area (Å²) in [5.74, 6) is 0.857. The van der Waals surface area contributed by atoms with E-state index in [0.29, 0.717) is 23.1 Å². The number of aromatic nitrogens is 2. The Morgan fingerprint density at radius 1 is 1.08 bits per heavy atom. The van der Waals surface area contributed by atoms with E-state index in [4.69, 9.17) is 28.2 Å². The van der Waals surface area contributed by atoms with Crippen molar-refractivity contribution in [3.63, 3.8) is 0 Å².